The van der Waals surface area contributed by atoms with E-state index in [0.717, 1.165) is 11.6 Å². The molecule has 0 spiro atoms. The van der Waals surface area contributed by atoms with Crippen molar-refractivity contribution in [2.75, 3.05) is 6.54 Å². The van der Waals surface area contributed by atoms with Gasteiger partial charge in [0, 0.05) is 10.0 Å². The number of hydrogen-bond acceptors (Lipinski definition) is 2. The summed E-state index contributed by atoms with van der Waals surface area (Å²) in [5, 5.41) is 1.58. The van der Waals surface area contributed by atoms with Crippen molar-refractivity contribution in [3.05, 3.63) is 70.2 Å². The first-order valence-electron chi connectivity index (χ1n) is 5.85. The van der Waals surface area contributed by atoms with Crippen molar-refractivity contribution < 1.29 is 0 Å². The van der Waals surface area contributed by atoms with E-state index in [0.29, 0.717) is 5.25 Å². The van der Waals surface area contributed by atoms with E-state index < -0.39 is 0 Å². The number of halogens is 1. The highest BCUT2D eigenvalue weighted by molar-refractivity contribution is 9.10. The van der Waals surface area contributed by atoms with Gasteiger partial charge in [0.25, 0.3) is 0 Å². The average molecular weight is 318 g/mol. The van der Waals surface area contributed by atoms with Crippen LogP contribution in [0, 0.1) is 0 Å². The van der Waals surface area contributed by atoms with Crippen LogP contribution in [-0.2, 0) is 0 Å². The molecule has 1 aliphatic heterocycles. The minimum absolute atomic E-state index is 0.427. The molecule has 0 N–H and O–H groups in total. The van der Waals surface area contributed by atoms with Crippen molar-refractivity contribution in [3.63, 3.8) is 0 Å². The molecule has 2 aromatic carbocycles. The predicted molar refractivity (Wildman–Crippen MR) is 82.3 cm³/mol. The Morgan fingerprint density at radius 1 is 1.00 bits per heavy atom. The molecule has 0 fully saturated rings. The zero-order valence-electron chi connectivity index (χ0n) is 9.71. The SMILES string of the molecule is Brc1ccccc1C1CN=C(c2ccccc2)S1. The third kappa shape index (κ3) is 2.38. The molecule has 0 aliphatic carbocycles. The zero-order chi connectivity index (χ0) is 12.4. The molecule has 0 amide bonds. The number of thioether (sulfide) groups is 1. The molecule has 2 aromatic rings. The molecule has 1 unspecified atom stereocenters. The van der Waals surface area contributed by atoms with Crippen LogP contribution >= 0.6 is 27.7 Å². The van der Waals surface area contributed by atoms with Crippen LogP contribution < -0.4 is 0 Å². The van der Waals surface area contributed by atoms with Crippen LogP contribution in [0.2, 0.25) is 0 Å². The third-order valence-corrected chi connectivity index (χ3v) is 4.93. The fourth-order valence-electron chi connectivity index (χ4n) is 2.01. The second kappa shape index (κ2) is 5.29. The van der Waals surface area contributed by atoms with E-state index in [2.05, 4.69) is 63.4 Å². The second-order valence-corrected chi connectivity index (χ2v) is 6.19. The summed E-state index contributed by atoms with van der Waals surface area (Å²) in [4.78, 5) is 4.66. The minimum atomic E-state index is 0.427. The Labute approximate surface area is 119 Å². The Kier molecular flexibility index (Phi) is 3.52. The van der Waals surface area contributed by atoms with Crippen molar-refractivity contribution >= 4 is 32.7 Å². The van der Waals surface area contributed by atoms with Gasteiger partial charge in [-0.3, -0.25) is 4.99 Å². The maximum atomic E-state index is 4.66. The standard InChI is InChI=1S/C15H12BrNS/c16-13-9-5-4-8-12(13)14-10-17-15(18-14)11-6-2-1-3-7-11/h1-9,14H,10H2. The van der Waals surface area contributed by atoms with E-state index in [1.165, 1.54) is 15.6 Å². The molecule has 1 nitrogen and oxygen atoms in total. The molecule has 0 bridgehead atoms. The summed E-state index contributed by atoms with van der Waals surface area (Å²) in [5.74, 6) is 0. The van der Waals surface area contributed by atoms with Crippen LogP contribution in [0.25, 0.3) is 0 Å². The fourth-order valence-corrected chi connectivity index (χ4v) is 3.90. The first-order valence-corrected chi connectivity index (χ1v) is 7.53. The Morgan fingerprint density at radius 2 is 1.72 bits per heavy atom. The van der Waals surface area contributed by atoms with Crippen LogP contribution in [0.1, 0.15) is 16.4 Å². The van der Waals surface area contributed by atoms with E-state index in [4.69, 9.17) is 0 Å². The van der Waals surface area contributed by atoms with Crippen LogP contribution in [0.3, 0.4) is 0 Å². The van der Waals surface area contributed by atoms with Gasteiger partial charge in [-0.1, -0.05) is 76.2 Å². The number of hydrogen-bond donors (Lipinski definition) is 0. The van der Waals surface area contributed by atoms with Gasteiger partial charge >= 0.3 is 0 Å². The topological polar surface area (TPSA) is 12.4 Å². The minimum Gasteiger partial charge on any atom is -0.276 e. The molecule has 0 radical (unpaired) electrons. The van der Waals surface area contributed by atoms with Gasteiger partial charge in [-0.2, -0.15) is 0 Å². The lowest BCUT2D eigenvalue weighted by atomic mass is 10.1. The van der Waals surface area contributed by atoms with Gasteiger partial charge in [-0.25, -0.2) is 0 Å². The molecule has 3 rings (SSSR count). The van der Waals surface area contributed by atoms with E-state index in [-0.39, 0.29) is 0 Å². The Balaban J connectivity index is 1.81. The van der Waals surface area contributed by atoms with Crippen LogP contribution in [0.5, 0.6) is 0 Å². The molecule has 1 atom stereocenters. The van der Waals surface area contributed by atoms with Gasteiger partial charge in [0.2, 0.25) is 0 Å². The monoisotopic (exact) mass is 317 g/mol. The lowest BCUT2D eigenvalue weighted by molar-refractivity contribution is 0.960. The molecular weight excluding hydrogens is 306 g/mol. The normalized spacial score (nSPS) is 18.7. The quantitative estimate of drug-likeness (QED) is 0.783. The number of benzene rings is 2. The maximum absolute atomic E-state index is 4.66. The maximum Gasteiger partial charge on any atom is 0.0984 e. The van der Waals surface area contributed by atoms with Gasteiger partial charge in [0.05, 0.1) is 16.8 Å². The largest absolute Gasteiger partial charge is 0.276 e. The Morgan fingerprint density at radius 3 is 2.50 bits per heavy atom. The summed E-state index contributed by atoms with van der Waals surface area (Å²) in [6.45, 7) is 0.859. The van der Waals surface area contributed by atoms with Gasteiger partial charge in [-0.15, -0.1) is 0 Å². The first-order chi connectivity index (χ1) is 8.84. The predicted octanol–water partition coefficient (Wildman–Crippen LogP) is 4.68. The second-order valence-electron chi connectivity index (χ2n) is 4.14. The molecule has 0 aromatic heterocycles. The molecule has 0 saturated heterocycles. The molecule has 1 aliphatic rings. The highest BCUT2D eigenvalue weighted by atomic mass is 79.9. The van der Waals surface area contributed by atoms with Crippen molar-refractivity contribution in [1.29, 1.82) is 0 Å². The van der Waals surface area contributed by atoms with Gasteiger partial charge in [0.15, 0.2) is 0 Å². The average Bonchev–Trinajstić information content (AvgIpc) is 2.90. The van der Waals surface area contributed by atoms with Crippen LogP contribution in [0.15, 0.2) is 64.1 Å². The van der Waals surface area contributed by atoms with E-state index in [9.17, 15) is 0 Å². The number of aliphatic imine (C=N–C) groups is 1. The van der Waals surface area contributed by atoms with Crippen molar-refractivity contribution in [1.82, 2.24) is 0 Å². The highest BCUT2D eigenvalue weighted by Crippen LogP contribution is 2.40. The van der Waals surface area contributed by atoms with Gasteiger partial charge in [-0.05, 0) is 11.6 Å². The summed E-state index contributed by atoms with van der Waals surface area (Å²) in [5.41, 5.74) is 2.55. The number of rotatable bonds is 2. The molecular formula is C15H12BrNS. The molecule has 18 heavy (non-hydrogen) atoms. The summed E-state index contributed by atoms with van der Waals surface area (Å²) >= 11 is 5.47. The lowest BCUT2D eigenvalue weighted by Crippen LogP contribution is -1.96. The van der Waals surface area contributed by atoms with Crippen molar-refractivity contribution in [2.24, 2.45) is 4.99 Å². The van der Waals surface area contributed by atoms with Gasteiger partial charge < -0.3 is 0 Å². The van der Waals surface area contributed by atoms with E-state index in [1.807, 2.05) is 23.9 Å². The Bertz CT molecular complexity index is 580. The Hall–Kier alpha value is -1.06. The third-order valence-electron chi connectivity index (χ3n) is 2.93. The fraction of sp³-hybridized carbons (Fsp3) is 0.133. The highest BCUT2D eigenvalue weighted by Gasteiger charge is 2.23. The van der Waals surface area contributed by atoms with Gasteiger partial charge in [0.1, 0.15) is 0 Å². The first kappa shape index (κ1) is 12.0. The lowest BCUT2D eigenvalue weighted by Gasteiger charge is -2.10. The van der Waals surface area contributed by atoms with Crippen molar-refractivity contribution in [2.45, 2.75) is 5.25 Å². The van der Waals surface area contributed by atoms with E-state index >= 15 is 0 Å². The van der Waals surface area contributed by atoms with Crippen molar-refractivity contribution in [3.8, 4) is 0 Å². The smallest absolute Gasteiger partial charge is 0.0984 e. The molecule has 90 valence electrons. The molecule has 3 heteroatoms. The van der Waals surface area contributed by atoms with Crippen LogP contribution in [-0.4, -0.2) is 11.6 Å². The summed E-state index contributed by atoms with van der Waals surface area (Å²) in [7, 11) is 0. The summed E-state index contributed by atoms with van der Waals surface area (Å²) in [6.07, 6.45) is 0. The summed E-state index contributed by atoms with van der Waals surface area (Å²) in [6, 6.07) is 18.8. The van der Waals surface area contributed by atoms with Crippen LogP contribution in [0.4, 0.5) is 0 Å². The zero-order valence-corrected chi connectivity index (χ0v) is 12.1. The molecule has 0 saturated carbocycles. The summed E-state index contributed by atoms with van der Waals surface area (Å²) < 4.78 is 1.17. The number of nitrogens with zero attached hydrogens (tertiary/aromatic N) is 1. The molecule has 1 heterocycles. The van der Waals surface area contributed by atoms with E-state index in [1.54, 1.807) is 0 Å².